The van der Waals surface area contributed by atoms with Crippen LogP contribution in [0.25, 0.3) is 0 Å². The number of benzene rings is 1. The lowest BCUT2D eigenvalue weighted by Gasteiger charge is -2.34. The van der Waals surface area contributed by atoms with Gasteiger partial charge in [0.25, 0.3) is 5.91 Å². The molecule has 1 atom stereocenters. The van der Waals surface area contributed by atoms with Gasteiger partial charge in [0.1, 0.15) is 6.54 Å². The number of carbonyl (C=O) groups excluding carboxylic acids is 2. The largest absolute Gasteiger partial charge is 0.472 e. The maximum atomic E-state index is 13.1. The van der Waals surface area contributed by atoms with Crippen molar-refractivity contribution in [3.05, 3.63) is 54.2 Å². The summed E-state index contributed by atoms with van der Waals surface area (Å²) in [5.74, 6) is 1.20. The van der Waals surface area contributed by atoms with Gasteiger partial charge < -0.3 is 10.1 Å². The van der Waals surface area contributed by atoms with E-state index >= 15 is 0 Å². The fourth-order valence-electron chi connectivity index (χ4n) is 3.91. The summed E-state index contributed by atoms with van der Waals surface area (Å²) in [5, 5.41) is 3.09. The maximum Gasteiger partial charge on any atom is 0.274 e. The molecule has 2 amide bonds. The molecule has 1 fully saturated rings. The Hall–Kier alpha value is -2.89. The third-order valence-electron chi connectivity index (χ3n) is 5.53. The van der Waals surface area contributed by atoms with Gasteiger partial charge in [0.2, 0.25) is 12.0 Å². The molecule has 146 valence electrons. The minimum absolute atomic E-state index is 0.0540. The van der Waals surface area contributed by atoms with Crippen molar-refractivity contribution in [1.29, 1.82) is 0 Å². The highest BCUT2D eigenvalue weighted by molar-refractivity contribution is 6.03. The number of nitrogens with one attached hydrogen (secondary N) is 1. The van der Waals surface area contributed by atoms with Crippen LogP contribution in [0.5, 0.6) is 5.75 Å². The number of amides is 2. The van der Waals surface area contributed by atoms with Gasteiger partial charge in [-0.25, -0.2) is 4.98 Å². The normalized spacial score (nSPS) is 24.2. The molecule has 1 unspecified atom stereocenters. The fourth-order valence-corrected chi connectivity index (χ4v) is 3.91. The molecule has 1 saturated carbocycles. The fraction of sp³-hybridized carbons (Fsp3) is 0.409. The van der Waals surface area contributed by atoms with Crippen LogP contribution in [-0.4, -0.2) is 29.4 Å². The Labute approximate surface area is 164 Å². The molecule has 6 heteroatoms. The van der Waals surface area contributed by atoms with E-state index < -0.39 is 6.10 Å². The Kier molecular flexibility index (Phi) is 5.28. The van der Waals surface area contributed by atoms with E-state index in [1.54, 1.807) is 18.3 Å². The number of anilines is 1. The average Bonchev–Trinajstić information content (AvgIpc) is 2.72. The lowest BCUT2D eigenvalue weighted by molar-refractivity contribution is -0.129. The van der Waals surface area contributed by atoms with Crippen molar-refractivity contribution < 1.29 is 14.3 Å². The summed E-state index contributed by atoms with van der Waals surface area (Å²) in [4.78, 5) is 31.6. The van der Waals surface area contributed by atoms with Crippen LogP contribution in [0.3, 0.4) is 0 Å². The molecule has 1 aromatic heterocycles. The van der Waals surface area contributed by atoms with Crippen LogP contribution in [0.1, 0.15) is 44.3 Å². The summed E-state index contributed by atoms with van der Waals surface area (Å²) in [6.45, 7) is 2.19. The van der Waals surface area contributed by atoms with Gasteiger partial charge in [0, 0.05) is 17.8 Å². The zero-order valence-corrected chi connectivity index (χ0v) is 16.0. The Balaban J connectivity index is 1.52. The first-order valence-corrected chi connectivity index (χ1v) is 9.89. The first-order valence-electron chi connectivity index (χ1n) is 9.89. The lowest BCUT2D eigenvalue weighted by Crippen LogP contribution is -2.49. The lowest BCUT2D eigenvalue weighted by atomic mass is 9.87. The summed E-state index contributed by atoms with van der Waals surface area (Å²) in [6.07, 6.45) is 5.06. The van der Waals surface area contributed by atoms with Crippen LogP contribution in [0.4, 0.5) is 5.82 Å². The van der Waals surface area contributed by atoms with Gasteiger partial charge in [0.15, 0.2) is 11.6 Å². The molecule has 1 N–H and O–H groups in total. The van der Waals surface area contributed by atoms with E-state index in [2.05, 4.69) is 17.2 Å². The molecule has 0 radical (unpaired) electrons. The molecule has 2 aromatic rings. The van der Waals surface area contributed by atoms with Crippen molar-refractivity contribution in [2.45, 2.75) is 44.8 Å². The van der Waals surface area contributed by atoms with Gasteiger partial charge in [-0.3, -0.25) is 14.5 Å². The number of hydrogen-bond acceptors (Lipinski definition) is 4. The molecule has 1 aromatic carbocycles. The van der Waals surface area contributed by atoms with Crippen LogP contribution in [0, 0.1) is 5.92 Å². The number of rotatable bonds is 4. The maximum absolute atomic E-state index is 13.1. The van der Waals surface area contributed by atoms with E-state index in [4.69, 9.17) is 4.74 Å². The molecule has 0 bridgehead atoms. The van der Waals surface area contributed by atoms with Crippen LogP contribution < -0.4 is 15.0 Å². The van der Waals surface area contributed by atoms with Crippen LogP contribution in [-0.2, 0) is 9.59 Å². The third kappa shape index (κ3) is 3.86. The van der Waals surface area contributed by atoms with Crippen molar-refractivity contribution in [2.24, 2.45) is 5.92 Å². The van der Waals surface area contributed by atoms with Crippen LogP contribution in [0.15, 0.2) is 48.7 Å². The van der Waals surface area contributed by atoms with E-state index in [1.165, 1.54) is 4.90 Å². The monoisotopic (exact) mass is 379 g/mol. The van der Waals surface area contributed by atoms with Gasteiger partial charge in [0.05, 0.1) is 0 Å². The minimum Gasteiger partial charge on any atom is -0.472 e. The molecule has 4 rings (SSSR count). The van der Waals surface area contributed by atoms with E-state index in [0.29, 0.717) is 11.6 Å². The highest BCUT2D eigenvalue weighted by Crippen LogP contribution is 2.36. The number of nitrogens with zero attached hydrogens (tertiary/aromatic N) is 2. The van der Waals surface area contributed by atoms with Gasteiger partial charge in [-0.05, 0) is 43.7 Å². The smallest absolute Gasteiger partial charge is 0.274 e. The zero-order chi connectivity index (χ0) is 19.5. The minimum atomic E-state index is -0.777. The highest BCUT2D eigenvalue weighted by Gasteiger charge is 2.37. The first kappa shape index (κ1) is 18.5. The van der Waals surface area contributed by atoms with Gasteiger partial charge in [-0.1, -0.05) is 37.3 Å². The van der Waals surface area contributed by atoms with Crippen molar-refractivity contribution in [3.8, 4) is 5.75 Å². The second-order valence-electron chi connectivity index (χ2n) is 7.68. The van der Waals surface area contributed by atoms with Gasteiger partial charge >= 0.3 is 0 Å². The Morgan fingerprint density at radius 3 is 2.64 bits per heavy atom. The zero-order valence-electron chi connectivity index (χ0n) is 16.0. The topological polar surface area (TPSA) is 71.5 Å². The molecule has 0 spiro atoms. The summed E-state index contributed by atoms with van der Waals surface area (Å²) in [6, 6.07) is 13.1. The Morgan fingerprint density at radius 1 is 1.14 bits per heavy atom. The average molecular weight is 379 g/mol. The summed E-state index contributed by atoms with van der Waals surface area (Å²) in [7, 11) is 0. The van der Waals surface area contributed by atoms with Crippen LogP contribution >= 0.6 is 0 Å². The highest BCUT2D eigenvalue weighted by atomic mass is 16.5. The van der Waals surface area contributed by atoms with Crippen molar-refractivity contribution >= 4 is 17.6 Å². The molecular formula is C22H25N3O3. The molecule has 28 heavy (non-hydrogen) atoms. The van der Waals surface area contributed by atoms with Crippen molar-refractivity contribution in [3.63, 3.8) is 0 Å². The van der Waals surface area contributed by atoms with Crippen molar-refractivity contribution in [1.82, 2.24) is 10.3 Å². The predicted octanol–water partition coefficient (Wildman–Crippen LogP) is 3.24. The molecule has 2 aliphatic rings. The van der Waals surface area contributed by atoms with E-state index in [-0.39, 0.29) is 24.4 Å². The SMILES string of the molecule is CC1CCC(NC(=O)CN2C(=O)C(c3ccccc3)Oc3cccnc32)CC1. The summed E-state index contributed by atoms with van der Waals surface area (Å²) >= 11 is 0. The summed E-state index contributed by atoms with van der Waals surface area (Å²) in [5.41, 5.74) is 0.758. The predicted molar refractivity (Wildman–Crippen MR) is 106 cm³/mol. The summed E-state index contributed by atoms with van der Waals surface area (Å²) < 4.78 is 5.92. The van der Waals surface area contributed by atoms with Gasteiger partial charge in [-0.15, -0.1) is 0 Å². The number of aromatic nitrogens is 1. The first-order chi connectivity index (χ1) is 13.6. The number of ether oxygens (including phenoxy) is 1. The molecule has 2 heterocycles. The number of fused-ring (bicyclic) bond motifs is 1. The molecule has 1 aliphatic heterocycles. The van der Waals surface area contributed by atoms with Crippen molar-refractivity contribution in [2.75, 3.05) is 11.4 Å². The second kappa shape index (κ2) is 8.00. The molecular weight excluding hydrogens is 354 g/mol. The number of carbonyl (C=O) groups is 2. The second-order valence-corrected chi connectivity index (χ2v) is 7.68. The Morgan fingerprint density at radius 2 is 1.89 bits per heavy atom. The number of pyridine rings is 1. The van der Waals surface area contributed by atoms with E-state index in [9.17, 15) is 9.59 Å². The standard InChI is InChI=1S/C22H25N3O3/c1-15-9-11-17(12-10-15)24-19(26)14-25-21-18(8-5-13-23-21)28-20(22(25)27)16-6-3-2-4-7-16/h2-8,13,15,17,20H,9-12,14H2,1H3,(H,24,26). The molecule has 1 aliphatic carbocycles. The molecule has 0 saturated heterocycles. The number of hydrogen-bond donors (Lipinski definition) is 1. The third-order valence-corrected chi connectivity index (χ3v) is 5.53. The molecule has 6 nitrogen and oxygen atoms in total. The van der Waals surface area contributed by atoms with E-state index in [1.807, 2.05) is 30.3 Å². The van der Waals surface area contributed by atoms with Gasteiger partial charge in [-0.2, -0.15) is 0 Å². The quantitative estimate of drug-likeness (QED) is 0.885. The van der Waals surface area contributed by atoms with E-state index in [0.717, 1.165) is 37.2 Å². The van der Waals surface area contributed by atoms with Crippen LogP contribution in [0.2, 0.25) is 0 Å². The Bertz CT molecular complexity index is 847.